The van der Waals surface area contributed by atoms with Gasteiger partial charge in [-0.2, -0.15) is 0 Å². The molecule has 4 rings (SSSR count). The van der Waals surface area contributed by atoms with Gasteiger partial charge in [0.05, 0.1) is 34.0 Å². The number of carbonyl (C=O) groups excluding carboxylic acids is 1. The van der Waals surface area contributed by atoms with Gasteiger partial charge in [-0.15, -0.1) is 12.4 Å². The summed E-state index contributed by atoms with van der Waals surface area (Å²) in [6.45, 7) is 5.61. The number of ether oxygens (including phenoxy) is 1. The van der Waals surface area contributed by atoms with Crippen molar-refractivity contribution in [2.75, 3.05) is 44.3 Å². The lowest BCUT2D eigenvalue weighted by Crippen LogP contribution is -2.43. The highest BCUT2D eigenvalue weighted by atomic mass is 35.5. The molecule has 1 aliphatic heterocycles. The lowest BCUT2D eigenvalue weighted by molar-refractivity contribution is 0.0391. The van der Waals surface area contributed by atoms with Crippen LogP contribution in [-0.4, -0.2) is 55.2 Å². The molecule has 1 fully saturated rings. The predicted molar refractivity (Wildman–Crippen MR) is 122 cm³/mol. The van der Waals surface area contributed by atoms with Crippen molar-refractivity contribution >= 4 is 56.6 Å². The number of amides is 1. The Balaban J connectivity index is 0.00000272. The summed E-state index contributed by atoms with van der Waals surface area (Å²) in [5, 5.41) is 0.982. The van der Waals surface area contributed by atoms with E-state index in [0.717, 1.165) is 29.4 Å². The monoisotopic (exact) mass is 487 g/mol. The number of halogens is 4. The molecule has 0 unspecified atom stereocenters. The average Bonchev–Trinajstić information content (AvgIpc) is 3.18. The second kappa shape index (κ2) is 10.2. The van der Waals surface area contributed by atoms with Crippen molar-refractivity contribution in [3.63, 3.8) is 0 Å². The SMILES string of the molecule is Cc1ccc(Cl)c2sc(N(CCN3CCOCC3)C(=O)c3ccc(F)cc3F)nc12.Cl. The fourth-order valence-electron chi connectivity index (χ4n) is 3.36. The maximum atomic E-state index is 14.4. The van der Waals surface area contributed by atoms with Gasteiger partial charge < -0.3 is 4.74 Å². The smallest absolute Gasteiger partial charge is 0.263 e. The van der Waals surface area contributed by atoms with Crippen LogP contribution in [0, 0.1) is 18.6 Å². The van der Waals surface area contributed by atoms with Gasteiger partial charge in [-0.3, -0.25) is 14.6 Å². The third-order valence-electron chi connectivity index (χ3n) is 5.07. The van der Waals surface area contributed by atoms with E-state index in [1.54, 1.807) is 6.07 Å². The maximum absolute atomic E-state index is 14.4. The number of nitrogens with zero attached hydrogens (tertiary/aromatic N) is 3. The summed E-state index contributed by atoms with van der Waals surface area (Å²) in [7, 11) is 0. The van der Waals surface area contributed by atoms with Crippen LogP contribution in [0.3, 0.4) is 0 Å². The molecule has 31 heavy (non-hydrogen) atoms. The Hall–Kier alpha value is -1.84. The van der Waals surface area contributed by atoms with Gasteiger partial charge in [-0.25, -0.2) is 13.8 Å². The first-order valence-electron chi connectivity index (χ1n) is 9.56. The van der Waals surface area contributed by atoms with E-state index in [4.69, 9.17) is 16.3 Å². The number of hydrogen-bond donors (Lipinski definition) is 0. The maximum Gasteiger partial charge on any atom is 0.263 e. The fraction of sp³-hybridized carbons (Fsp3) is 0.333. The molecule has 0 bridgehead atoms. The van der Waals surface area contributed by atoms with Gasteiger partial charge in [0.1, 0.15) is 11.6 Å². The molecule has 0 N–H and O–H groups in total. The van der Waals surface area contributed by atoms with Crippen molar-refractivity contribution in [3.05, 3.63) is 58.1 Å². The van der Waals surface area contributed by atoms with Gasteiger partial charge in [0.25, 0.3) is 5.91 Å². The van der Waals surface area contributed by atoms with E-state index >= 15 is 0 Å². The zero-order chi connectivity index (χ0) is 21.3. The van der Waals surface area contributed by atoms with Gasteiger partial charge in [0.15, 0.2) is 5.13 Å². The number of aromatic nitrogens is 1. The van der Waals surface area contributed by atoms with E-state index in [2.05, 4.69) is 9.88 Å². The Morgan fingerprint density at radius 2 is 2.00 bits per heavy atom. The highest BCUT2D eigenvalue weighted by Crippen LogP contribution is 2.36. The number of aryl methyl sites for hydroxylation is 1. The minimum absolute atomic E-state index is 0. The normalized spacial score (nSPS) is 14.5. The van der Waals surface area contributed by atoms with Crippen LogP contribution >= 0.6 is 35.3 Å². The molecule has 2 aromatic carbocycles. The number of anilines is 1. The first-order valence-corrected chi connectivity index (χ1v) is 10.8. The Morgan fingerprint density at radius 3 is 2.68 bits per heavy atom. The zero-order valence-corrected chi connectivity index (χ0v) is 19.1. The third-order valence-corrected chi connectivity index (χ3v) is 6.61. The zero-order valence-electron chi connectivity index (χ0n) is 16.7. The van der Waals surface area contributed by atoms with E-state index < -0.39 is 17.5 Å². The number of fused-ring (bicyclic) bond motifs is 1. The summed E-state index contributed by atoms with van der Waals surface area (Å²) >= 11 is 7.62. The average molecular weight is 488 g/mol. The molecular formula is C21H21Cl2F2N3O2S. The summed E-state index contributed by atoms with van der Waals surface area (Å²) in [6.07, 6.45) is 0. The molecule has 0 aliphatic carbocycles. The van der Waals surface area contributed by atoms with E-state index in [1.165, 1.54) is 22.3 Å². The van der Waals surface area contributed by atoms with Gasteiger partial charge in [0.2, 0.25) is 0 Å². The number of rotatable bonds is 5. The van der Waals surface area contributed by atoms with Crippen molar-refractivity contribution < 1.29 is 18.3 Å². The van der Waals surface area contributed by atoms with Crippen molar-refractivity contribution in [1.82, 2.24) is 9.88 Å². The van der Waals surface area contributed by atoms with Crippen molar-refractivity contribution in [2.24, 2.45) is 0 Å². The van der Waals surface area contributed by atoms with E-state index in [-0.39, 0.29) is 18.0 Å². The van der Waals surface area contributed by atoms with Crippen molar-refractivity contribution in [2.45, 2.75) is 6.92 Å². The number of thiazole rings is 1. The van der Waals surface area contributed by atoms with Crippen LogP contribution in [0.5, 0.6) is 0 Å². The highest BCUT2D eigenvalue weighted by molar-refractivity contribution is 7.23. The van der Waals surface area contributed by atoms with Gasteiger partial charge in [-0.1, -0.05) is 29.0 Å². The lowest BCUT2D eigenvalue weighted by Gasteiger charge is -2.29. The Bertz CT molecular complexity index is 1050. The number of morpholine rings is 1. The predicted octanol–water partition coefficient (Wildman–Crippen LogP) is 4.94. The van der Waals surface area contributed by atoms with Crippen molar-refractivity contribution in [1.29, 1.82) is 0 Å². The van der Waals surface area contributed by atoms with Gasteiger partial charge >= 0.3 is 0 Å². The van der Waals surface area contributed by atoms with Crippen LogP contribution < -0.4 is 4.90 Å². The molecule has 0 saturated carbocycles. The molecule has 3 aromatic rings. The highest BCUT2D eigenvalue weighted by Gasteiger charge is 2.26. The summed E-state index contributed by atoms with van der Waals surface area (Å²) in [4.78, 5) is 21.5. The number of hydrogen-bond acceptors (Lipinski definition) is 5. The Morgan fingerprint density at radius 1 is 1.26 bits per heavy atom. The first kappa shape index (κ1) is 23.8. The number of benzene rings is 2. The molecule has 1 aliphatic rings. The van der Waals surface area contributed by atoms with E-state index in [9.17, 15) is 13.6 Å². The quantitative estimate of drug-likeness (QED) is 0.511. The molecule has 166 valence electrons. The largest absolute Gasteiger partial charge is 0.379 e. The molecule has 2 heterocycles. The topological polar surface area (TPSA) is 45.7 Å². The Labute approximate surface area is 194 Å². The van der Waals surface area contributed by atoms with Gasteiger partial charge in [-0.05, 0) is 30.7 Å². The summed E-state index contributed by atoms with van der Waals surface area (Å²) in [5.74, 6) is -2.19. The molecule has 1 saturated heterocycles. The lowest BCUT2D eigenvalue weighted by atomic mass is 10.2. The van der Waals surface area contributed by atoms with Crippen LogP contribution in [-0.2, 0) is 4.74 Å². The van der Waals surface area contributed by atoms with E-state index in [0.29, 0.717) is 48.0 Å². The Kier molecular flexibility index (Phi) is 7.82. The van der Waals surface area contributed by atoms with Crippen LogP contribution in [0.4, 0.5) is 13.9 Å². The number of carbonyl (C=O) groups is 1. The van der Waals surface area contributed by atoms with Crippen molar-refractivity contribution in [3.8, 4) is 0 Å². The molecular weight excluding hydrogens is 467 g/mol. The molecule has 1 amide bonds. The fourth-order valence-corrected chi connectivity index (χ4v) is 4.71. The molecule has 10 heteroatoms. The van der Waals surface area contributed by atoms with Crippen LogP contribution in [0.2, 0.25) is 5.02 Å². The molecule has 0 atom stereocenters. The summed E-state index contributed by atoms with van der Waals surface area (Å²) < 4.78 is 33.8. The van der Waals surface area contributed by atoms with Gasteiger partial charge in [0, 0.05) is 32.2 Å². The summed E-state index contributed by atoms with van der Waals surface area (Å²) in [6, 6.07) is 6.62. The first-order chi connectivity index (χ1) is 14.4. The minimum atomic E-state index is -0.897. The van der Waals surface area contributed by atoms with Crippen LogP contribution in [0.15, 0.2) is 30.3 Å². The second-order valence-electron chi connectivity index (χ2n) is 7.07. The molecule has 0 radical (unpaired) electrons. The van der Waals surface area contributed by atoms with E-state index in [1.807, 2.05) is 13.0 Å². The third kappa shape index (κ3) is 5.15. The minimum Gasteiger partial charge on any atom is -0.379 e. The molecule has 0 spiro atoms. The second-order valence-corrected chi connectivity index (χ2v) is 8.46. The summed E-state index contributed by atoms with van der Waals surface area (Å²) in [5.41, 5.74) is 1.46. The molecule has 1 aromatic heterocycles. The standard InChI is InChI=1S/C21H20ClF2N3O2S.ClH/c1-13-2-5-16(22)19-18(13)25-21(30-19)27(7-6-26-8-10-29-11-9-26)20(28)15-4-3-14(23)12-17(15)24;/h2-5,12H,6-11H2,1H3;1H. The molecule has 5 nitrogen and oxygen atoms in total. The van der Waals surface area contributed by atoms with Crippen LogP contribution in [0.1, 0.15) is 15.9 Å². The van der Waals surface area contributed by atoms with Crippen LogP contribution in [0.25, 0.3) is 10.2 Å².